The number of benzene rings is 2. The topological polar surface area (TPSA) is 40.5 Å². The van der Waals surface area contributed by atoms with E-state index >= 15 is 0 Å². The Labute approximate surface area is 128 Å². The first-order valence-electron chi connectivity index (χ1n) is 6.62. The Bertz CT molecular complexity index is 648. The lowest BCUT2D eigenvalue weighted by Crippen LogP contribution is -2.43. The summed E-state index contributed by atoms with van der Waals surface area (Å²) in [6, 6.07) is 9.21. The van der Waals surface area contributed by atoms with E-state index in [9.17, 15) is 32.2 Å². The highest BCUT2D eigenvalue weighted by molar-refractivity contribution is 5.33. The highest BCUT2D eigenvalue weighted by Gasteiger charge is 2.62. The van der Waals surface area contributed by atoms with Gasteiger partial charge >= 0.3 is 12.1 Å². The smallest absolute Gasteiger partial charge is 0.453 e. The van der Waals surface area contributed by atoms with E-state index in [1.165, 1.54) is 24.3 Å². The first-order chi connectivity index (χ1) is 10.6. The Balaban J connectivity index is 2.42. The standard InChI is InChI=1S/C16H13F5O2/c17-15(18,16(19,20)21)14(11-3-7-13(23)8-4-11)9-10-1-5-12(22)6-2-10/h1-8,14,22-23H,9H2/t14-/m1/s1. The van der Waals surface area contributed by atoms with Crippen molar-refractivity contribution in [3.05, 3.63) is 59.7 Å². The SMILES string of the molecule is Oc1ccc(C[C@H](c2ccc(O)cc2)C(F)(F)C(F)(F)F)cc1. The minimum atomic E-state index is -5.70. The molecule has 23 heavy (non-hydrogen) atoms. The molecule has 0 unspecified atom stereocenters. The predicted octanol–water partition coefficient (Wildman–Crippen LogP) is 4.62. The van der Waals surface area contributed by atoms with E-state index < -0.39 is 24.4 Å². The summed E-state index contributed by atoms with van der Waals surface area (Å²) in [5.74, 6) is -7.43. The fraction of sp³-hybridized carbons (Fsp3) is 0.250. The molecule has 0 saturated carbocycles. The normalized spacial score (nSPS) is 13.8. The van der Waals surface area contributed by atoms with Gasteiger partial charge in [0.1, 0.15) is 11.5 Å². The quantitative estimate of drug-likeness (QED) is 0.802. The molecule has 0 heterocycles. The second-order valence-electron chi connectivity index (χ2n) is 5.14. The predicted molar refractivity (Wildman–Crippen MR) is 73.7 cm³/mol. The highest BCUT2D eigenvalue weighted by Crippen LogP contribution is 2.47. The van der Waals surface area contributed by atoms with Gasteiger partial charge in [0.2, 0.25) is 0 Å². The van der Waals surface area contributed by atoms with Crippen molar-refractivity contribution in [1.82, 2.24) is 0 Å². The monoisotopic (exact) mass is 332 g/mol. The highest BCUT2D eigenvalue weighted by atomic mass is 19.4. The van der Waals surface area contributed by atoms with Crippen molar-refractivity contribution < 1.29 is 32.2 Å². The lowest BCUT2D eigenvalue weighted by Gasteiger charge is -2.29. The second-order valence-corrected chi connectivity index (χ2v) is 5.14. The molecule has 0 aliphatic heterocycles. The molecule has 0 aromatic heterocycles. The molecule has 0 fully saturated rings. The summed E-state index contributed by atoms with van der Waals surface area (Å²) in [6.45, 7) is 0. The van der Waals surface area contributed by atoms with Crippen LogP contribution in [0.3, 0.4) is 0 Å². The van der Waals surface area contributed by atoms with Gasteiger partial charge < -0.3 is 10.2 Å². The van der Waals surface area contributed by atoms with Crippen LogP contribution in [0.25, 0.3) is 0 Å². The summed E-state index contributed by atoms with van der Waals surface area (Å²) in [7, 11) is 0. The second kappa shape index (κ2) is 6.06. The van der Waals surface area contributed by atoms with Crippen LogP contribution in [-0.4, -0.2) is 22.3 Å². The molecule has 1 atom stereocenters. The van der Waals surface area contributed by atoms with Gasteiger partial charge in [-0.2, -0.15) is 22.0 Å². The van der Waals surface area contributed by atoms with Crippen molar-refractivity contribution in [2.24, 2.45) is 0 Å². The zero-order chi connectivity index (χ0) is 17.3. The van der Waals surface area contributed by atoms with Gasteiger partial charge in [0, 0.05) is 0 Å². The van der Waals surface area contributed by atoms with Crippen molar-refractivity contribution in [2.75, 3.05) is 0 Å². The first kappa shape index (κ1) is 17.1. The van der Waals surface area contributed by atoms with E-state index in [0.29, 0.717) is 0 Å². The first-order valence-corrected chi connectivity index (χ1v) is 6.62. The largest absolute Gasteiger partial charge is 0.508 e. The van der Waals surface area contributed by atoms with E-state index in [1.807, 2.05) is 0 Å². The van der Waals surface area contributed by atoms with Crippen molar-refractivity contribution >= 4 is 0 Å². The zero-order valence-electron chi connectivity index (χ0n) is 11.7. The summed E-state index contributed by atoms with van der Waals surface area (Å²) >= 11 is 0. The average molecular weight is 332 g/mol. The fourth-order valence-electron chi connectivity index (χ4n) is 2.23. The molecule has 0 saturated heterocycles. The summed E-state index contributed by atoms with van der Waals surface area (Å²) < 4.78 is 66.1. The maximum atomic E-state index is 13.9. The van der Waals surface area contributed by atoms with Gasteiger partial charge in [0.25, 0.3) is 0 Å². The van der Waals surface area contributed by atoms with E-state index in [0.717, 1.165) is 24.3 Å². The maximum absolute atomic E-state index is 13.9. The van der Waals surface area contributed by atoms with Crippen LogP contribution in [0.2, 0.25) is 0 Å². The van der Waals surface area contributed by atoms with Crippen LogP contribution in [0.5, 0.6) is 11.5 Å². The number of halogens is 5. The van der Waals surface area contributed by atoms with Gasteiger partial charge in [-0.3, -0.25) is 0 Å². The maximum Gasteiger partial charge on any atom is 0.453 e. The van der Waals surface area contributed by atoms with E-state index in [2.05, 4.69) is 0 Å². The van der Waals surface area contributed by atoms with Gasteiger partial charge in [-0.1, -0.05) is 24.3 Å². The van der Waals surface area contributed by atoms with E-state index in [1.54, 1.807) is 0 Å². The molecule has 2 aromatic rings. The Morgan fingerprint density at radius 1 is 0.739 bits per heavy atom. The fourth-order valence-corrected chi connectivity index (χ4v) is 2.23. The average Bonchev–Trinajstić information content (AvgIpc) is 2.46. The molecule has 0 spiro atoms. The number of alkyl halides is 5. The van der Waals surface area contributed by atoms with Gasteiger partial charge in [0.05, 0.1) is 5.92 Å². The molecule has 0 aliphatic rings. The van der Waals surface area contributed by atoms with Crippen LogP contribution in [-0.2, 0) is 6.42 Å². The molecule has 0 aliphatic carbocycles. The number of phenolic OH excluding ortho intramolecular Hbond substituents is 2. The van der Waals surface area contributed by atoms with Gasteiger partial charge in [-0.15, -0.1) is 0 Å². The Hall–Kier alpha value is -2.31. The lowest BCUT2D eigenvalue weighted by atomic mass is 9.86. The van der Waals surface area contributed by atoms with Crippen LogP contribution < -0.4 is 0 Å². The Kier molecular flexibility index (Phi) is 4.49. The van der Waals surface area contributed by atoms with Crippen molar-refractivity contribution in [3.8, 4) is 11.5 Å². The van der Waals surface area contributed by atoms with Gasteiger partial charge in [-0.05, 0) is 41.8 Å². The van der Waals surface area contributed by atoms with Crippen LogP contribution in [0.1, 0.15) is 17.0 Å². The summed E-state index contributed by atoms with van der Waals surface area (Å²) in [4.78, 5) is 0. The molecule has 2 nitrogen and oxygen atoms in total. The molecule has 2 rings (SSSR count). The van der Waals surface area contributed by atoms with E-state index in [-0.39, 0.29) is 22.6 Å². The van der Waals surface area contributed by atoms with Gasteiger partial charge in [-0.25, -0.2) is 0 Å². The van der Waals surface area contributed by atoms with Crippen LogP contribution in [0, 0.1) is 0 Å². The molecule has 7 heteroatoms. The molecule has 2 N–H and O–H groups in total. The number of rotatable bonds is 4. The van der Waals surface area contributed by atoms with E-state index in [4.69, 9.17) is 0 Å². The third-order valence-corrected chi connectivity index (χ3v) is 3.49. The zero-order valence-corrected chi connectivity index (χ0v) is 11.7. The van der Waals surface area contributed by atoms with Gasteiger partial charge in [0.15, 0.2) is 0 Å². The summed E-state index contributed by atoms with van der Waals surface area (Å²) in [6.07, 6.45) is -6.27. The summed E-state index contributed by atoms with van der Waals surface area (Å²) in [5, 5.41) is 18.4. The van der Waals surface area contributed by atoms with Crippen LogP contribution in [0.15, 0.2) is 48.5 Å². The van der Waals surface area contributed by atoms with Crippen molar-refractivity contribution in [3.63, 3.8) is 0 Å². The third-order valence-electron chi connectivity index (χ3n) is 3.49. The molecular formula is C16H13F5O2. The molecule has 124 valence electrons. The molecule has 0 amide bonds. The number of aromatic hydroxyl groups is 2. The van der Waals surface area contributed by atoms with Crippen LogP contribution >= 0.6 is 0 Å². The number of hydrogen-bond donors (Lipinski definition) is 2. The molecule has 2 aromatic carbocycles. The van der Waals surface area contributed by atoms with Crippen molar-refractivity contribution in [1.29, 1.82) is 0 Å². The summed E-state index contributed by atoms with van der Waals surface area (Å²) in [5.41, 5.74) is -0.0111. The third kappa shape index (κ3) is 3.72. The molecule has 0 bridgehead atoms. The minimum absolute atomic E-state index is 0.113. The van der Waals surface area contributed by atoms with Crippen LogP contribution in [0.4, 0.5) is 22.0 Å². The Morgan fingerprint density at radius 2 is 1.17 bits per heavy atom. The minimum Gasteiger partial charge on any atom is -0.508 e. The van der Waals surface area contributed by atoms with Crippen molar-refractivity contribution in [2.45, 2.75) is 24.4 Å². The number of phenols is 2. The lowest BCUT2D eigenvalue weighted by molar-refractivity contribution is -0.291. The Morgan fingerprint density at radius 3 is 1.61 bits per heavy atom. The molecule has 0 radical (unpaired) electrons. The molecular weight excluding hydrogens is 319 g/mol. The number of hydrogen-bond acceptors (Lipinski definition) is 2.